The van der Waals surface area contributed by atoms with Crippen molar-refractivity contribution in [2.24, 2.45) is 35.0 Å². The summed E-state index contributed by atoms with van der Waals surface area (Å²) >= 11 is 0. The third-order valence-corrected chi connectivity index (χ3v) is 7.94. The number of hydrogen-bond donors (Lipinski definition) is 0. The molecule has 0 heterocycles. The number of hydrogen-bond acceptors (Lipinski definition) is 2. The standard InChI is InChI=1S/C19H30O2/c1-19-10-4-3-5-16(19)18(21-2)11-14-12-7-9-17(20)13(12)6-8-15(14)19/h12-16,18H,3-11H2,1-2H3. The molecule has 0 amide bonds. The SMILES string of the molecule is COC1CC2C3CCC(=O)C3CCC2C2(C)CCCCC12. The van der Waals surface area contributed by atoms with E-state index < -0.39 is 0 Å². The zero-order valence-corrected chi connectivity index (χ0v) is 13.6. The Labute approximate surface area is 129 Å². The van der Waals surface area contributed by atoms with Crippen molar-refractivity contribution in [3.8, 4) is 0 Å². The Morgan fingerprint density at radius 2 is 1.90 bits per heavy atom. The number of ketones is 1. The van der Waals surface area contributed by atoms with E-state index in [1.165, 1.54) is 51.4 Å². The molecule has 4 rings (SSSR count). The van der Waals surface area contributed by atoms with Crippen LogP contribution in [0.3, 0.4) is 0 Å². The van der Waals surface area contributed by atoms with E-state index in [0.717, 1.165) is 24.2 Å². The van der Waals surface area contributed by atoms with Crippen LogP contribution in [0.15, 0.2) is 0 Å². The van der Waals surface area contributed by atoms with Crippen LogP contribution in [0, 0.1) is 35.0 Å². The molecule has 0 aliphatic heterocycles. The van der Waals surface area contributed by atoms with Crippen molar-refractivity contribution in [3.05, 3.63) is 0 Å². The third kappa shape index (κ3) is 1.97. The summed E-state index contributed by atoms with van der Waals surface area (Å²) < 4.78 is 5.97. The lowest BCUT2D eigenvalue weighted by atomic mass is 9.46. The summed E-state index contributed by atoms with van der Waals surface area (Å²) in [4.78, 5) is 12.2. The molecule has 21 heavy (non-hydrogen) atoms. The van der Waals surface area contributed by atoms with Gasteiger partial charge in [0.05, 0.1) is 6.10 Å². The molecule has 0 spiro atoms. The fourth-order valence-corrected chi connectivity index (χ4v) is 7.00. The maximum atomic E-state index is 12.2. The molecule has 0 aromatic carbocycles. The average Bonchev–Trinajstić information content (AvgIpc) is 2.88. The van der Waals surface area contributed by atoms with Crippen molar-refractivity contribution >= 4 is 5.78 Å². The van der Waals surface area contributed by atoms with Crippen LogP contribution in [0.4, 0.5) is 0 Å². The van der Waals surface area contributed by atoms with E-state index >= 15 is 0 Å². The number of ether oxygens (including phenoxy) is 1. The second-order valence-electron chi connectivity index (χ2n) is 8.49. The van der Waals surface area contributed by atoms with Crippen molar-refractivity contribution in [1.29, 1.82) is 0 Å². The average molecular weight is 290 g/mol. The number of carbonyl (C=O) groups is 1. The van der Waals surface area contributed by atoms with E-state index in [1.807, 2.05) is 7.11 Å². The zero-order chi connectivity index (χ0) is 14.6. The van der Waals surface area contributed by atoms with Crippen LogP contribution in [0.1, 0.15) is 64.7 Å². The topological polar surface area (TPSA) is 26.3 Å². The van der Waals surface area contributed by atoms with Crippen molar-refractivity contribution in [2.45, 2.75) is 70.8 Å². The lowest BCUT2D eigenvalue weighted by Crippen LogP contribution is -2.55. The first-order valence-corrected chi connectivity index (χ1v) is 9.20. The highest BCUT2D eigenvalue weighted by Gasteiger charge is 2.58. The van der Waals surface area contributed by atoms with Crippen molar-refractivity contribution in [2.75, 3.05) is 7.11 Å². The Bertz CT molecular complexity index is 431. The van der Waals surface area contributed by atoms with E-state index in [-0.39, 0.29) is 0 Å². The van der Waals surface area contributed by atoms with Gasteiger partial charge in [0.2, 0.25) is 0 Å². The molecule has 2 nitrogen and oxygen atoms in total. The Morgan fingerprint density at radius 1 is 1.05 bits per heavy atom. The van der Waals surface area contributed by atoms with E-state index in [0.29, 0.717) is 29.1 Å². The summed E-state index contributed by atoms with van der Waals surface area (Å²) in [6, 6.07) is 0. The summed E-state index contributed by atoms with van der Waals surface area (Å²) in [7, 11) is 1.92. The van der Waals surface area contributed by atoms with Crippen LogP contribution in [0.5, 0.6) is 0 Å². The van der Waals surface area contributed by atoms with E-state index in [9.17, 15) is 4.79 Å². The zero-order valence-electron chi connectivity index (χ0n) is 13.6. The first-order chi connectivity index (χ1) is 10.1. The second kappa shape index (κ2) is 5.08. The fraction of sp³-hybridized carbons (Fsp3) is 0.947. The maximum absolute atomic E-state index is 12.2. The van der Waals surface area contributed by atoms with Gasteiger partial charge in [-0.1, -0.05) is 19.8 Å². The number of carbonyl (C=O) groups excluding carboxylic acids is 1. The van der Waals surface area contributed by atoms with Crippen LogP contribution >= 0.6 is 0 Å². The molecular weight excluding hydrogens is 260 g/mol. The maximum Gasteiger partial charge on any atom is 0.136 e. The molecule has 4 saturated carbocycles. The molecule has 0 radical (unpaired) electrons. The van der Waals surface area contributed by atoms with Gasteiger partial charge in [-0.05, 0) is 67.6 Å². The molecule has 118 valence electrons. The van der Waals surface area contributed by atoms with Crippen LogP contribution in [0.2, 0.25) is 0 Å². The number of rotatable bonds is 1. The van der Waals surface area contributed by atoms with Gasteiger partial charge in [0.25, 0.3) is 0 Å². The summed E-state index contributed by atoms with van der Waals surface area (Å²) in [6.07, 6.45) is 11.8. The monoisotopic (exact) mass is 290 g/mol. The van der Waals surface area contributed by atoms with Crippen LogP contribution in [-0.4, -0.2) is 19.0 Å². The number of fused-ring (bicyclic) bond motifs is 5. The minimum absolute atomic E-state index is 0.410. The smallest absolute Gasteiger partial charge is 0.136 e. The van der Waals surface area contributed by atoms with E-state index in [4.69, 9.17) is 4.74 Å². The molecule has 4 fully saturated rings. The van der Waals surface area contributed by atoms with Gasteiger partial charge in [-0.25, -0.2) is 0 Å². The molecule has 0 saturated heterocycles. The van der Waals surface area contributed by atoms with Gasteiger partial charge in [0.1, 0.15) is 5.78 Å². The minimum atomic E-state index is 0.410. The van der Waals surface area contributed by atoms with Gasteiger partial charge < -0.3 is 4.74 Å². The largest absolute Gasteiger partial charge is 0.381 e. The molecule has 7 unspecified atom stereocenters. The Kier molecular flexibility index (Phi) is 3.44. The van der Waals surface area contributed by atoms with Crippen LogP contribution < -0.4 is 0 Å². The van der Waals surface area contributed by atoms with Crippen molar-refractivity contribution in [1.82, 2.24) is 0 Å². The number of methoxy groups -OCH3 is 1. The normalized spacial score (nSPS) is 53.0. The van der Waals surface area contributed by atoms with Crippen LogP contribution in [-0.2, 0) is 9.53 Å². The van der Waals surface area contributed by atoms with Gasteiger partial charge >= 0.3 is 0 Å². The molecule has 4 aliphatic carbocycles. The summed E-state index contributed by atoms with van der Waals surface area (Å²) in [5.41, 5.74) is 0.485. The highest BCUT2D eigenvalue weighted by Crippen LogP contribution is 2.62. The first kappa shape index (κ1) is 14.2. The van der Waals surface area contributed by atoms with Gasteiger partial charge in [0.15, 0.2) is 0 Å². The summed E-state index contributed by atoms with van der Waals surface area (Å²) in [5, 5.41) is 0. The molecule has 0 bridgehead atoms. The molecular formula is C19H30O2. The molecule has 7 atom stereocenters. The van der Waals surface area contributed by atoms with Gasteiger partial charge in [0, 0.05) is 19.4 Å². The fourth-order valence-electron chi connectivity index (χ4n) is 7.00. The second-order valence-corrected chi connectivity index (χ2v) is 8.49. The number of Topliss-reactive ketones (excluding diaryl/α,β-unsaturated/α-hetero) is 1. The Balaban J connectivity index is 1.67. The van der Waals surface area contributed by atoms with Gasteiger partial charge in [-0.2, -0.15) is 0 Å². The lowest BCUT2D eigenvalue weighted by molar-refractivity contribution is -0.154. The Hall–Kier alpha value is -0.370. The third-order valence-electron chi connectivity index (χ3n) is 7.94. The van der Waals surface area contributed by atoms with Gasteiger partial charge in [-0.15, -0.1) is 0 Å². The van der Waals surface area contributed by atoms with E-state index in [1.54, 1.807) is 0 Å². The summed E-state index contributed by atoms with van der Waals surface area (Å²) in [6.45, 7) is 2.57. The van der Waals surface area contributed by atoms with Crippen molar-refractivity contribution < 1.29 is 9.53 Å². The minimum Gasteiger partial charge on any atom is -0.381 e. The molecule has 0 aromatic rings. The molecule has 2 heteroatoms. The predicted octanol–water partition coefficient (Wildman–Crippen LogP) is 4.22. The van der Waals surface area contributed by atoms with Gasteiger partial charge in [-0.3, -0.25) is 4.79 Å². The highest BCUT2D eigenvalue weighted by molar-refractivity contribution is 5.83. The van der Waals surface area contributed by atoms with Crippen LogP contribution in [0.25, 0.3) is 0 Å². The molecule has 0 N–H and O–H groups in total. The summed E-state index contributed by atoms with van der Waals surface area (Å²) in [5.74, 6) is 4.07. The quantitative estimate of drug-likeness (QED) is 0.722. The molecule has 4 aliphatic rings. The predicted molar refractivity (Wildman–Crippen MR) is 82.9 cm³/mol. The van der Waals surface area contributed by atoms with Crippen molar-refractivity contribution in [3.63, 3.8) is 0 Å². The first-order valence-electron chi connectivity index (χ1n) is 9.20. The highest BCUT2D eigenvalue weighted by atomic mass is 16.5. The van der Waals surface area contributed by atoms with E-state index in [2.05, 4.69) is 6.92 Å². The Morgan fingerprint density at radius 3 is 2.71 bits per heavy atom. The lowest BCUT2D eigenvalue weighted by Gasteiger charge is -2.60. The molecule has 0 aromatic heterocycles.